The number of fused-ring (bicyclic) bond motifs is 1. The summed E-state index contributed by atoms with van der Waals surface area (Å²) in [6.45, 7) is 2.12. The SMILES string of the molecule is C1C[C@@H]2COC[C@@H]2C1. The van der Waals surface area contributed by atoms with E-state index in [1.54, 1.807) is 0 Å². The van der Waals surface area contributed by atoms with Crippen LogP contribution in [0.25, 0.3) is 0 Å². The van der Waals surface area contributed by atoms with E-state index >= 15 is 0 Å². The Bertz CT molecular complexity index is 70.4. The van der Waals surface area contributed by atoms with Crippen LogP contribution in [0.1, 0.15) is 19.3 Å². The second kappa shape index (κ2) is 1.73. The Morgan fingerprint density at radius 3 is 2.25 bits per heavy atom. The van der Waals surface area contributed by atoms with Gasteiger partial charge in [0.25, 0.3) is 0 Å². The molecule has 2 rings (SSSR count). The molecule has 0 aromatic rings. The number of ether oxygens (including phenoxy) is 1. The molecule has 0 amide bonds. The predicted octanol–water partition coefficient (Wildman–Crippen LogP) is 1.43. The molecule has 1 heterocycles. The van der Waals surface area contributed by atoms with Gasteiger partial charge in [0, 0.05) is 13.2 Å². The fraction of sp³-hybridized carbons (Fsp3) is 1.00. The molecule has 1 aliphatic heterocycles. The van der Waals surface area contributed by atoms with Crippen molar-refractivity contribution in [3.63, 3.8) is 0 Å². The molecule has 1 saturated heterocycles. The Labute approximate surface area is 50.0 Å². The highest BCUT2D eigenvalue weighted by atomic mass is 16.5. The standard InChI is InChI=1S/C7H12O/c1-2-6-4-8-5-7(6)3-1/h6-7H,1-5H2/t6-,7+. The topological polar surface area (TPSA) is 9.23 Å². The summed E-state index contributed by atoms with van der Waals surface area (Å²) in [6, 6.07) is 0. The lowest BCUT2D eigenvalue weighted by Crippen LogP contribution is -2.01. The van der Waals surface area contributed by atoms with Gasteiger partial charge in [0.05, 0.1) is 0 Å². The van der Waals surface area contributed by atoms with Gasteiger partial charge in [-0.3, -0.25) is 0 Å². The molecule has 2 fully saturated rings. The van der Waals surface area contributed by atoms with Gasteiger partial charge in [0.1, 0.15) is 0 Å². The van der Waals surface area contributed by atoms with Crippen molar-refractivity contribution in [2.75, 3.05) is 13.2 Å². The van der Waals surface area contributed by atoms with E-state index in [1.165, 1.54) is 19.3 Å². The molecule has 0 spiro atoms. The molecular weight excluding hydrogens is 100 g/mol. The number of hydrogen-bond acceptors (Lipinski definition) is 1. The van der Waals surface area contributed by atoms with E-state index in [1.807, 2.05) is 0 Å². The van der Waals surface area contributed by atoms with Crippen LogP contribution in [0.15, 0.2) is 0 Å². The maximum atomic E-state index is 5.31. The van der Waals surface area contributed by atoms with Gasteiger partial charge in [0.15, 0.2) is 0 Å². The van der Waals surface area contributed by atoms with Crippen molar-refractivity contribution in [3.05, 3.63) is 0 Å². The summed E-state index contributed by atoms with van der Waals surface area (Å²) >= 11 is 0. The van der Waals surface area contributed by atoms with E-state index in [0.29, 0.717) is 0 Å². The van der Waals surface area contributed by atoms with Gasteiger partial charge in [-0.15, -0.1) is 0 Å². The molecule has 8 heavy (non-hydrogen) atoms. The Morgan fingerprint density at radius 2 is 1.62 bits per heavy atom. The molecule has 1 nitrogen and oxygen atoms in total. The molecule has 2 atom stereocenters. The van der Waals surface area contributed by atoms with Crippen LogP contribution in [0.5, 0.6) is 0 Å². The Morgan fingerprint density at radius 1 is 1.00 bits per heavy atom. The first kappa shape index (κ1) is 4.80. The number of hydrogen-bond donors (Lipinski definition) is 0. The van der Waals surface area contributed by atoms with Crippen molar-refractivity contribution >= 4 is 0 Å². The third-order valence-electron chi connectivity index (χ3n) is 2.48. The highest BCUT2D eigenvalue weighted by Gasteiger charge is 2.31. The lowest BCUT2D eigenvalue weighted by atomic mass is 10.0. The van der Waals surface area contributed by atoms with Crippen molar-refractivity contribution in [1.82, 2.24) is 0 Å². The zero-order valence-corrected chi connectivity index (χ0v) is 5.10. The molecular formula is C7H12O. The van der Waals surface area contributed by atoms with E-state index in [2.05, 4.69) is 0 Å². The molecule has 0 aromatic carbocycles. The molecule has 0 N–H and O–H groups in total. The zero-order chi connectivity index (χ0) is 5.40. The quantitative estimate of drug-likeness (QED) is 0.460. The summed E-state index contributed by atoms with van der Waals surface area (Å²) in [6.07, 6.45) is 4.33. The second-order valence-electron chi connectivity index (χ2n) is 2.99. The highest BCUT2D eigenvalue weighted by Crippen LogP contribution is 2.35. The highest BCUT2D eigenvalue weighted by molar-refractivity contribution is 4.80. The van der Waals surface area contributed by atoms with Gasteiger partial charge in [0.2, 0.25) is 0 Å². The van der Waals surface area contributed by atoms with Crippen molar-refractivity contribution in [1.29, 1.82) is 0 Å². The summed E-state index contributed by atoms with van der Waals surface area (Å²) < 4.78 is 5.31. The predicted molar refractivity (Wildman–Crippen MR) is 31.6 cm³/mol. The van der Waals surface area contributed by atoms with Crippen molar-refractivity contribution in [2.24, 2.45) is 11.8 Å². The second-order valence-corrected chi connectivity index (χ2v) is 2.99. The van der Waals surface area contributed by atoms with Gasteiger partial charge in [-0.05, 0) is 24.7 Å². The molecule has 0 aromatic heterocycles. The van der Waals surface area contributed by atoms with E-state index in [9.17, 15) is 0 Å². The normalized spacial score (nSPS) is 45.0. The molecule has 46 valence electrons. The molecule has 1 aliphatic carbocycles. The minimum Gasteiger partial charge on any atom is -0.381 e. The van der Waals surface area contributed by atoms with Crippen LogP contribution in [0.3, 0.4) is 0 Å². The average Bonchev–Trinajstić information content (AvgIpc) is 2.15. The van der Waals surface area contributed by atoms with Gasteiger partial charge >= 0.3 is 0 Å². The summed E-state index contributed by atoms with van der Waals surface area (Å²) in [5.74, 6) is 1.91. The van der Waals surface area contributed by atoms with E-state index in [-0.39, 0.29) is 0 Å². The summed E-state index contributed by atoms with van der Waals surface area (Å²) in [7, 11) is 0. The molecule has 2 aliphatic rings. The van der Waals surface area contributed by atoms with Crippen molar-refractivity contribution in [2.45, 2.75) is 19.3 Å². The largest absolute Gasteiger partial charge is 0.381 e. The van der Waals surface area contributed by atoms with E-state index < -0.39 is 0 Å². The van der Waals surface area contributed by atoms with Crippen LogP contribution in [-0.2, 0) is 4.74 Å². The fourth-order valence-electron chi connectivity index (χ4n) is 1.92. The van der Waals surface area contributed by atoms with Crippen LogP contribution in [-0.4, -0.2) is 13.2 Å². The third kappa shape index (κ3) is 0.576. The van der Waals surface area contributed by atoms with Crippen molar-refractivity contribution < 1.29 is 4.74 Å². The van der Waals surface area contributed by atoms with Crippen LogP contribution < -0.4 is 0 Å². The number of rotatable bonds is 0. The molecule has 0 bridgehead atoms. The monoisotopic (exact) mass is 112 g/mol. The van der Waals surface area contributed by atoms with Crippen LogP contribution >= 0.6 is 0 Å². The Kier molecular flexibility index (Phi) is 1.04. The van der Waals surface area contributed by atoms with E-state index in [4.69, 9.17) is 4.74 Å². The van der Waals surface area contributed by atoms with Crippen LogP contribution in [0, 0.1) is 11.8 Å². The molecule has 0 radical (unpaired) electrons. The maximum absolute atomic E-state index is 5.31. The maximum Gasteiger partial charge on any atom is 0.0497 e. The van der Waals surface area contributed by atoms with Crippen LogP contribution in [0.4, 0.5) is 0 Å². The van der Waals surface area contributed by atoms with E-state index in [0.717, 1.165) is 25.0 Å². The first-order chi connectivity index (χ1) is 3.97. The van der Waals surface area contributed by atoms with Crippen molar-refractivity contribution in [3.8, 4) is 0 Å². The summed E-state index contributed by atoms with van der Waals surface area (Å²) in [4.78, 5) is 0. The fourth-order valence-corrected chi connectivity index (χ4v) is 1.92. The average molecular weight is 112 g/mol. The van der Waals surface area contributed by atoms with Crippen LogP contribution in [0.2, 0.25) is 0 Å². The lowest BCUT2D eigenvalue weighted by Gasteiger charge is -2.01. The lowest BCUT2D eigenvalue weighted by molar-refractivity contribution is 0.173. The summed E-state index contributed by atoms with van der Waals surface area (Å²) in [5.41, 5.74) is 0. The smallest absolute Gasteiger partial charge is 0.0497 e. The zero-order valence-electron chi connectivity index (χ0n) is 5.10. The molecule has 1 heteroatoms. The van der Waals surface area contributed by atoms with Gasteiger partial charge in [-0.25, -0.2) is 0 Å². The third-order valence-corrected chi connectivity index (χ3v) is 2.48. The van der Waals surface area contributed by atoms with Gasteiger partial charge in [-0.1, -0.05) is 6.42 Å². The first-order valence-electron chi connectivity index (χ1n) is 3.54. The Balaban J connectivity index is 2.04. The first-order valence-corrected chi connectivity index (χ1v) is 3.54. The molecule has 0 unspecified atom stereocenters. The minimum absolute atomic E-state index is 0.954. The molecule has 1 saturated carbocycles. The minimum atomic E-state index is 0.954. The Hall–Kier alpha value is -0.0400. The van der Waals surface area contributed by atoms with Gasteiger partial charge < -0.3 is 4.74 Å². The van der Waals surface area contributed by atoms with Gasteiger partial charge in [-0.2, -0.15) is 0 Å². The summed E-state index contributed by atoms with van der Waals surface area (Å²) in [5, 5.41) is 0.